The van der Waals surface area contributed by atoms with Crippen LogP contribution < -0.4 is 0 Å². The molecule has 0 bridgehead atoms. The molecule has 1 saturated carbocycles. The topological polar surface area (TPSA) is 0 Å². The molecule has 2 aromatic carbocycles. The molecule has 0 N–H and O–H groups in total. The Morgan fingerprint density at radius 3 is 2.35 bits per heavy atom. The lowest BCUT2D eigenvalue weighted by molar-refractivity contribution is 0.393. The zero-order chi connectivity index (χ0) is 15.8. The average molecular weight is 302 g/mol. The Balaban J connectivity index is 1.72. The average Bonchev–Trinajstić information content (AvgIpc) is 2.94. The lowest BCUT2D eigenvalue weighted by Gasteiger charge is -2.26. The van der Waals surface area contributed by atoms with E-state index in [-0.39, 0.29) is 0 Å². The fourth-order valence-corrected chi connectivity index (χ4v) is 4.56. The molecule has 1 fully saturated rings. The highest BCUT2D eigenvalue weighted by Gasteiger charge is 2.30. The Hall–Kier alpha value is -1.82. The monoisotopic (exact) mass is 302 g/mol. The Bertz CT molecular complexity index is 727. The van der Waals surface area contributed by atoms with E-state index in [1.54, 1.807) is 11.1 Å². The van der Waals surface area contributed by atoms with Crippen LogP contribution in [0.4, 0.5) is 0 Å². The largest absolute Gasteiger partial charge is 0.0610 e. The summed E-state index contributed by atoms with van der Waals surface area (Å²) in [7, 11) is 0. The second-order valence-electron chi connectivity index (χ2n) is 7.38. The summed E-state index contributed by atoms with van der Waals surface area (Å²) in [5.74, 6) is 1.39. The number of allylic oxidation sites excluding steroid dienone is 1. The van der Waals surface area contributed by atoms with Crippen LogP contribution in [0.5, 0.6) is 0 Å². The third-order valence-electron chi connectivity index (χ3n) is 5.83. The highest BCUT2D eigenvalue weighted by atomic mass is 14.3. The molecule has 0 saturated heterocycles. The SMILES string of the molecule is Cc1ccc(-c2cccc3c2C(C)C(C2CCCCC2)=C3)cc1. The predicted octanol–water partition coefficient (Wildman–Crippen LogP) is 6.74. The molecule has 1 atom stereocenters. The first-order valence-corrected chi connectivity index (χ1v) is 9.15. The Kier molecular flexibility index (Phi) is 3.85. The maximum atomic E-state index is 2.51. The van der Waals surface area contributed by atoms with Gasteiger partial charge in [-0.05, 0) is 47.9 Å². The molecule has 0 spiro atoms. The van der Waals surface area contributed by atoms with Gasteiger partial charge in [-0.3, -0.25) is 0 Å². The fraction of sp³-hybridized carbons (Fsp3) is 0.391. The summed E-state index contributed by atoms with van der Waals surface area (Å²) in [4.78, 5) is 0. The van der Waals surface area contributed by atoms with Crippen LogP contribution in [0.25, 0.3) is 17.2 Å². The van der Waals surface area contributed by atoms with Gasteiger partial charge in [-0.1, -0.05) is 85.9 Å². The van der Waals surface area contributed by atoms with Gasteiger partial charge >= 0.3 is 0 Å². The van der Waals surface area contributed by atoms with E-state index in [0.717, 1.165) is 5.92 Å². The summed E-state index contributed by atoms with van der Waals surface area (Å²) in [5, 5.41) is 0. The van der Waals surface area contributed by atoms with Crippen LogP contribution in [-0.2, 0) is 0 Å². The maximum Gasteiger partial charge on any atom is 0.00380 e. The molecule has 4 rings (SSSR count). The molecule has 23 heavy (non-hydrogen) atoms. The van der Waals surface area contributed by atoms with Crippen molar-refractivity contribution >= 4 is 6.08 Å². The summed E-state index contributed by atoms with van der Waals surface area (Å²) < 4.78 is 0. The van der Waals surface area contributed by atoms with Crippen LogP contribution >= 0.6 is 0 Å². The smallest absolute Gasteiger partial charge is 0.00380 e. The van der Waals surface area contributed by atoms with Crippen molar-refractivity contribution in [1.29, 1.82) is 0 Å². The molecule has 0 aromatic heterocycles. The summed E-state index contributed by atoms with van der Waals surface area (Å²) in [6.07, 6.45) is 9.55. The van der Waals surface area contributed by atoms with E-state index in [4.69, 9.17) is 0 Å². The van der Waals surface area contributed by atoms with E-state index in [2.05, 4.69) is 62.4 Å². The van der Waals surface area contributed by atoms with Crippen molar-refractivity contribution < 1.29 is 0 Å². The van der Waals surface area contributed by atoms with Crippen molar-refractivity contribution in [2.75, 3.05) is 0 Å². The number of rotatable bonds is 2. The second kappa shape index (κ2) is 6.00. The number of hydrogen-bond donors (Lipinski definition) is 0. The van der Waals surface area contributed by atoms with Crippen molar-refractivity contribution in [2.45, 2.75) is 51.9 Å². The molecule has 1 unspecified atom stereocenters. The normalized spacial score (nSPS) is 21.1. The minimum Gasteiger partial charge on any atom is -0.0610 e. The molecule has 2 aromatic rings. The van der Waals surface area contributed by atoms with Crippen LogP contribution in [0.15, 0.2) is 48.0 Å². The van der Waals surface area contributed by atoms with Crippen LogP contribution in [0, 0.1) is 12.8 Å². The molecule has 0 radical (unpaired) electrons. The molecule has 2 aliphatic carbocycles. The third-order valence-corrected chi connectivity index (χ3v) is 5.83. The quantitative estimate of drug-likeness (QED) is 0.576. The predicted molar refractivity (Wildman–Crippen MR) is 99.6 cm³/mol. The summed E-state index contributed by atoms with van der Waals surface area (Å²) >= 11 is 0. The summed E-state index contributed by atoms with van der Waals surface area (Å²) in [6.45, 7) is 4.58. The highest BCUT2D eigenvalue weighted by molar-refractivity contribution is 5.79. The molecule has 118 valence electrons. The molecule has 0 aliphatic heterocycles. The van der Waals surface area contributed by atoms with Crippen molar-refractivity contribution in [1.82, 2.24) is 0 Å². The summed E-state index contributed by atoms with van der Waals surface area (Å²) in [6, 6.07) is 15.8. The zero-order valence-corrected chi connectivity index (χ0v) is 14.3. The number of fused-ring (bicyclic) bond motifs is 1. The molecule has 2 aliphatic rings. The second-order valence-corrected chi connectivity index (χ2v) is 7.38. The lowest BCUT2D eigenvalue weighted by Crippen LogP contribution is -2.11. The molecular weight excluding hydrogens is 276 g/mol. The fourth-order valence-electron chi connectivity index (χ4n) is 4.56. The first-order valence-electron chi connectivity index (χ1n) is 9.15. The van der Waals surface area contributed by atoms with Crippen molar-refractivity contribution in [2.24, 2.45) is 5.92 Å². The third kappa shape index (κ3) is 2.65. The van der Waals surface area contributed by atoms with E-state index in [0.29, 0.717) is 5.92 Å². The molecule has 0 heterocycles. The molecular formula is C23H26. The van der Waals surface area contributed by atoms with Gasteiger partial charge in [-0.2, -0.15) is 0 Å². The van der Waals surface area contributed by atoms with Gasteiger partial charge in [-0.25, -0.2) is 0 Å². The Labute approximate surface area is 140 Å². The van der Waals surface area contributed by atoms with Gasteiger partial charge in [-0.15, -0.1) is 0 Å². The number of benzene rings is 2. The first-order chi connectivity index (χ1) is 11.2. The van der Waals surface area contributed by atoms with Gasteiger partial charge in [0.25, 0.3) is 0 Å². The highest BCUT2D eigenvalue weighted by Crippen LogP contribution is 2.47. The zero-order valence-electron chi connectivity index (χ0n) is 14.3. The van der Waals surface area contributed by atoms with Crippen LogP contribution in [-0.4, -0.2) is 0 Å². The van der Waals surface area contributed by atoms with Crippen LogP contribution in [0.1, 0.15) is 61.6 Å². The molecule has 0 nitrogen and oxygen atoms in total. The molecule has 0 amide bonds. The van der Waals surface area contributed by atoms with Gasteiger partial charge in [0.15, 0.2) is 0 Å². The Morgan fingerprint density at radius 2 is 1.61 bits per heavy atom. The van der Waals surface area contributed by atoms with E-state index in [9.17, 15) is 0 Å². The lowest BCUT2D eigenvalue weighted by atomic mass is 9.78. The minimum absolute atomic E-state index is 0.575. The van der Waals surface area contributed by atoms with Gasteiger partial charge in [0.1, 0.15) is 0 Å². The van der Waals surface area contributed by atoms with Gasteiger partial charge < -0.3 is 0 Å². The van der Waals surface area contributed by atoms with E-state index in [1.807, 2.05) is 0 Å². The standard InChI is InChI=1S/C23H26/c1-16-11-13-19(14-12-16)21-10-6-9-20-15-22(17(2)23(20)21)18-7-4-3-5-8-18/h6,9-15,17-18H,3-5,7-8H2,1-2H3. The van der Waals surface area contributed by atoms with Gasteiger partial charge in [0.2, 0.25) is 0 Å². The van der Waals surface area contributed by atoms with E-state index >= 15 is 0 Å². The first kappa shape index (κ1) is 14.8. The van der Waals surface area contributed by atoms with Gasteiger partial charge in [0, 0.05) is 5.92 Å². The summed E-state index contributed by atoms with van der Waals surface area (Å²) in [5.41, 5.74) is 8.82. The number of hydrogen-bond acceptors (Lipinski definition) is 0. The van der Waals surface area contributed by atoms with E-state index in [1.165, 1.54) is 54.4 Å². The minimum atomic E-state index is 0.575. The molecule has 0 heteroatoms. The van der Waals surface area contributed by atoms with Crippen molar-refractivity contribution in [3.05, 3.63) is 64.7 Å². The van der Waals surface area contributed by atoms with Crippen molar-refractivity contribution in [3.63, 3.8) is 0 Å². The Morgan fingerprint density at radius 1 is 0.870 bits per heavy atom. The number of aryl methyl sites for hydroxylation is 1. The van der Waals surface area contributed by atoms with Gasteiger partial charge in [0.05, 0.1) is 0 Å². The van der Waals surface area contributed by atoms with E-state index < -0.39 is 0 Å². The van der Waals surface area contributed by atoms with Crippen LogP contribution in [0.3, 0.4) is 0 Å². The van der Waals surface area contributed by atoms with Crippen LogP contribution in [0.2, 0.25) is 0 Å². The maximum absolute atomic E-state index is 2.51. The van der Waals surface area contributed by atoms with Crippen molar-refractivity contribution in [3.8, 4) is 11.1 Å².